The van der Waals surface area contributed by atoms with E-state index in [1.165, 1.54) is 6.07 Å². The first-order valence-corrected chi connectivity index (χ1v) is 6.07. The molecule has 1 aromatic heterocycles. The Balaban J connectivity index is 2.31. The lowest BCUT2D eigenvalue weighted by atomic mass is 10.0. The molecule has 6 heteroatoms. The molecule has 0 saturated heterocycles. The van der Waals surface area contributed by atoms with Crippen molar-refractivity contribution in [2.75, 3.05) is 11.5 Å². The van der Waals surface area contributed by atoms with Crippen molar-refractivity contribution in [1.82, 2.24) is 4.98 Å². The van der Waals surface area contributed by atoms with Crippen LogP contribution in [0.3, 0.4) is 0 Å². The summed E-state index contributed by atoms with van der Waals surface area (Å²) in [6.07, 6.45) is 0. The van der Waals surface area contributed by atoms with Crippen LogP contribution in [0.15, 0.2) is 36.4 Å². The summed E-state index contributed by atoms with van der Waals surface area (Å²) in [5, 5.41) is 1.19. The predicted molar refractivity (Wildman–Crippen MR) is 75.9 cm³/mol. The molecule has 0 fully saturated rings. The van der Waals surface area contributed by atoms with Gasteiger partial charge in [0.25, 0.3) is 0 Å². The smallest absolute Gasteiger partial charge is 0.161 e. The Labute approximate surface area is 118 Å². The normalized spacial score (nSPS) is 11.0. The van der Waals surface area contributed by atoms with E-state index in [1.807, 2.05) is 0 Å². The van der Waals surface area contributed by atoms with Crippen LogP contribution in [0.25, 0.3) is 22.0 Å². The highest BCUT2D eigenvalue weighted by atomic mass is 19.2. The molecule has 3 aromatic rings. The summed E-state index contributed by atoms with van der Waals surface area (Å²) in [5.74, 6) is -3.20. The van der Waals surface area contributed by atoms with Gasteiger partial charge in [0.1, 0.15) is 11.6 Å². The van der Waals surface area contributed by atoms with Crippen molar-refractivity contribution in [3.63, 3.8) is 0 Å². The van der Waals surface area contributed by atoms with Gasteiger partial charge in [0.15, 0.2) is 11.6 Å². The van der Waals surface area contributed by atoms with E-state index < -0.39 is 17.5 Å². The second-order valence-corrected chi connectivity index (χ2v) is 4.58. The van der Waals surface area contributed by atoms with E-state index in [0.717, 1.165) is 6.07 Å². The maximum absolute atomic E-state index is 13.8. The van der Waals surface area contributed by atoms with Crippen molar-refractivity contribution >= 4 is 22.3 Å². The minimum atomic E-state index is -1.26. The first-order valence-electron chi connectivity index (χ1n) is 6.07. The van der Waals surface area contributed by atoms with Gasteiger partial charge >= 0.3 is 0 Å². The molecule has 1 heterocycles. The summed E-state index contributed by atoms with van der Waals surface area (Å²) < 4.78 is 40.1. The van der Waals surface area contributed by atoms with Crippen molar-refractivity contribution in [1.29, 1.82) is 0 Å². The zero-order chi connectivity index (χ0) is 15.1. The van der Waals surface area contributed by atoms with Crippen LogP contribution in [0, 0.1) is 17.5 Å². The second-order valence-electron chi connectivity index (χ2n) is 4.58. The molecular formula is C15H10F3N3. The molecule has 4 N–H and O–H groups in total. The highest BCUT2D eigenvalue weighted by molar-refractivity contribution is 6.00. The number of aromatic nitrogens is 1. The van der Waals surface area contributed by atoms with Gasteiger partial charge in [0, 0.05) is 28.1 Å². The van der Waals surface area contributed by atoms with Crippen molar-refractivity contribution in [3.8, 4) is 11.3 Å². The molecule has 0 aliphatic heterocycles. The van der Waals surface area contributed by atoms with E-state index in [2.05, 4.69) is 4.98 Å². The molecule has 2 aromatic carbocycles. The highest BCUT2D eigenvalue weighted by Crippen LogP contribution is 2.31. The number of rotatable bonds is 1. The molecular weight excluding hydrogens is 279 g/mol. The lowest BCUT2D eigenvalue weighted by molar-refractivity contribution is 0.496. The fourth-order valence-electron chi connectivity index (χ4n) is 2.18. The van der Waals surface area contributed by atoms with Crippen LogP contribution >= 0.6 is 0 Å². The minimum Gasteiger partial charge on any atom is -0.398 e. The quantitative estimate of drug-likeness (QED) is 0.532. The number of anilines is 2. The molecule has 3 rings (SSSR count). The molecule has 0 radical (unpaired) electrons. The number of hydrogen-bond acceptors (Lipinski definition) is 3. The van der Waals surface area contributed by atoms with Gasteiger partial charge in [0.2, 0.25) is 0 Å². The van der Waals surface area contributed by atoms with E-state index in [4.69, 9.17) is 11.5 Å². The monoisotopic (exact) mass is 289 g/mol. The number of nitrogens with two attached hydrogens (primary N) is 2. The van der Waals surface area contributed by atoms with E-state index in [0.29, 0.717) is 22.5 Å². The van der Waals surface area contributed by atoms with Crippen molar-refractivity contribution in [2.45, 2.75) is 0 Å². The van der Waals surface area contributed by atoms with Crippen LogP contribution < -0.4 is 11.5 Å². The standard InChI is InChI=1S/C15H10F3N3/c16-10-6-12(18)11(17)4-9(10)14-5-8-7(15(20)21-14)2-1-3-13(8)19/h1-6H,19H2,(H2,20,21). The summed E-state index contributed by atoms with van der Waals surface area (Å²) in [4.78, 5) is 4.04. The number of benzene rings is 2. The van der Waals surface area contributed by atoms with E-state index in [1.54, 1.807) is 18.2 Å². The Bertz CT molecular complexity index is 862. The average Bonchev–Trinajstić information content (AvgIpc) is 2.44. The van der Waals surface area contributed by atoms with Crippen LogP contribution in [0.1, 0.15) is 0 Å². The topological polar surface area (TPSA) is 64.9 Å². The average molecular weight is 289 g/mol. The molecule has 21 heavy (non-hydrogen) atoms. The largest absolute Gasteiger partial charge is 0.398 e. The van der Waals surface area contributed by atoms with E-state index in [-0.39, 0.29) is 17.1 Å². The van der Waals surface area contributed by atoms with Gasteiger partial charge in [-0.15, -0.1) is 0 Å². The summed E-state index contributed by atoms with van der Waals surface area (Å²) in [6.45, 7) is 0. The number of nitrogens with zero attached hydrogens (tertiary/aromatic N) is 1. The Hall–Kier alpha value is -2.76. The van der Waals surface area contributed by atoms with Crippen molar-refractivity contribution < 1.29 is 13.2 Å². The molecule has 106 valence electrons. The molecule has 0 saturated carbocycles. The zero-order valence-corrected chi connectivity index (χ0v) is 10.7. The van der Waals surface area contributed by atoms with E-state index >= 15 is 0 Å². The third-order valence-corrected chi connectivity index (χ3v) is 3.22. The van der Waals surface area contributed by atoms with Gasteiger partial charge in [-0.25, -0.2) is 18.2 Å². The summed E-state index contributed by atoms with van der Waals surface area (Å²) >= 11 is 0. The molecule has 0 bridgehead atoms. The number of halogens is 3. The maximum atomic E-state index is 13.8. The first-order chi connectivity index (χ1) is 9.97. The molecule has 3 nitrogen and oxygen atoms in total. The Morgan fingerprint density at radius 3 is 2.29 bits per heavy atom. The SMILES string of the molecule is Nc1cccc2c(N)nc(-c3cc(F)c(F)cc3F)cc12. The van der Waals surface area contributed by atoms with Gasteiger partial charge in [0.05, 0.1) is 5.69 Å². The number of nitrogen functional groups attached to an aromatic ring is 2. The molecule has 0 aliphatic carbocycles. The van der Waals surface area contributed by atoms with Gasteiger partial charge < -0.3 is 11.5 Å². The zero-order valence-electron chi connectivity index (χ0n) is 10.7. The predicted octanol–water partition coefficient (Wildman–Crippen LogP) is 3.48. The maximum Gasteiger partial charge on any atom is 0.161 e. The van der Waals surface area contributed by atoms with Crippen LogP contribution in [-0.4, -0.2) is 4.98 Å². The van der Waals surface area contributed by atoms with Crippen LogP contribution in [0.5, 0.6) is 0 Å². The van der Waals surface area contributed by atoms with E-state index in [9.17, 15) is 13.2 Å². The fraction of sp³-hybridized carbons (Fsp3) is 0. The van der Waals surface area contributed by atoms with Crippen LogP contribution in [-0.2, 0) is 0 Å². The van der Waals surface area contributed by atoms with Crippen molar-refractivity contribution in [3.05, 3.63) is 53.8 Å². The Morgan fingerprint density at radius 2 is 1.52 bits per heavy atom. The first kappa shape index (κ1) is 13.2. The van der Waals surface area contributed by atoms with Crippen molar-refractivity contribution in [2.24, 2.45) is 0 Å². The lowest BCUT2D eigenvalue weighted by Gasteiger charge is -2.09. The summed E-state index contributed by atoms with van der Waals surface area (Å²) in [5.41, 5.74) is 12.0. The fourth-order valence-corrected chi connectivity index (χ4v) is 2.18. The lowest BCUT2D eigenvalue weighted by Crippen LogP contribution is -1.99. The molecule has 0 amide bonds. The third kappa shape index (κ3) is 2.14. The summed E-state index contributed by atoms with van der Waals surface area (Å²) in [7, 11) is 0. The number of pyridine rings is 1. The van der Waals surface area contributed by atoms with Gasteiger partial charge in [-0.2, -0.15) is 0 Å². The van der Waals surface area contributed by atoms with Crippen LogP contribution in [0.4, 0.5) is 24.7 Å². The third-order valence-electron chi connectivity index (χ3n) is 3.22. The Morgan fingerprint density at radius 1 is 0.810 bits per heavy atom. The Kier molecular flexibility index (Phi) is 2.94. The molecule has 0 atom stereocenters. The molecule has 0 spiro atoms. The van der Waals surface area contributed by atoms with Gasteiger partial charge in [-0.05, 0) is 18.2 Å². The minimum absolute atomic E-state index is 0.0919. The van der Waals surface area contributed by atoms with Gasteiger partial charge in [-0.1, -0.05) is 12.1 Å². The number of hydrogen-bond donors (Lipinski definition) is 2. The number of fused-ring (bicyclic) bond motifs is 1. The molecule has 0 aliphatic rings. The second kappa shape index (κ2) is 4.66. The van der Waals surface area contributed by atoms with Crippen LogP contribution in [0.2, 0.25) is 0 Å². The van der Waals surface area contributed by atoms with Gasteiger partial charge in [-0.3, -0.25) is 0 Å². The summed E-state index contributed by atoms with van der Waals surface area (Å²) in [6, 6.07) is 7.81. The highest BCUT2D eigenvalue weighted by Gasteiger charge is 2.14. The molecule has 0 unspecified atom stereocenters.